The highest BCUT2D eigenvalue weighted by atomic mass is 35.5. The van der Waals surface area contributed by atoms with E-state index in [1.54, 1.807) is 40.9 Å². The SMILES string of the molecule is CC(C)[C@H]1SC(C)(C)C(C#N)N1C(=O)Nc1cccc(Cl)c1. The van der Waals surface area contributed by atoms with E-state index in [0.717, 1.165) is 0 Å². The van der Waals surface area contributed by atoms with Crippen LogP contribution in [0.25, 0.3) is 0 Å². The highest BCUT2D eigenvalue weighted by Crippen LogP contribution is 2.46. The maximum atomic E-state index is 12.7. The number of halogens is 1. The molecule has 1 aliphatic rings. The van der Waals surface area contributed by atoms with E-state index in [2.05, 4.69) is 25.2 Å². The minimum atomic E-state index is -0.468. The summed E-state index contributed by atoms with van der Waals surface area (Å²) in [5.74, 6) is 0.257. The molecular weight excluding hydrogens is 318 g/mol. The van der Waals surface area contributed by atoms with Crippen molar-refractivity contribution in [3.8, 4) is 6.07 Å². The minimum Gasteiger partial charge on any atom is -0.308 e. The lowest BCUT2D eigenvalue weighted by molar-refractivity contribution is 0.184. The molecule has 118 valence electrons. The van der Waals surface area contributed by atoms with E-state index >= 15 is 0 Å². The van der Waals surface area contributed by atoms with Gasteiger partial charge in [0, 0.05) is 15.5 Å². The van der Waals surface area contributed by atoms with Crippen molar-refractivity contribution in [1.29, 1.82) is 5.26 Å². The number of nitrogens with zero attached hydrogens (tertiary/aromatic N) is 2. The molecule has 1 N–H and O–H groups in total. The monoisotopic (exact) mass is 337 g/mol. The fourth-order valence-electron chi connectivity index (χ4n) is 2.58. The Morgan fingerprint density at radius 3 is 2.73 bits per heavy atom. The number of thioether (sulfide) groups is 1. The van der Waals surface area contributed by atoms with Gasteiger partial charge in [-0.1, -0.05) is 31.5 Å². The van der Waals surface area contributed by atoms with Crippen molar-refractivity contribution in [2.24, 2.45) is 5.92 Å². The van der Waals surface area contributed by atoms with Gasteiger partial charge in [-0.05, 0) is 38.0 Å². The van der Waals surface area contributed by atoms with Crippen LogP contribution in [0.3, 0.4) is 0 Å². The Labute approximate surface area is 140 Å². The number of carbonyl (C=O) groups excluding carboxylic acids is 1. The topological polar surface area (TPSA) is 56.1 Å². The number of nitrogens with one attached hydrogen (secondary N) is 1. The second kappa shape index (κ2) is 6.39. The van der Waals surface area contributed by atoms with E-state index < -0.39 is 6.04 Å². The van der Waals surface area contributed by atoms with E-state index in [1.165, 1.54) is 0 Å². The fraction of sp³-hybridized carbons (Fsp3) is 0.500. The molecule has 1 aromatic rings. The van der Waals surface area contributed by atoms with E-state index in [1.807, 2.05) is 13.8 Å². The zero-order chi connectivity index (χ0) is 16.5. The summed E-state index contributed by atoms with van der Waals surface area (Å²) in [5.41, 5.74) is 0.631. The van der Waals surface area contributed by atoms with Crippen molar-refractivity contribution in [2.75, 3.05) is 5.32 Å². The van der Waals surface area contributed by atoms with E-state index in [4.69, 9.17) is 11.6 Å². The highest BCUT2D eigenvalue weighted by molar-refractivity contribution is 8.01. The van der Waals surface area contributed by atoms with Crippen LogP contribution in [0.2, 0.25) is 5.02 Å². The van der Waals surface area contributed by atoms with Crippen molar-refractivity contribution in [3.05, 3.63) is 29.3 Å². The lowest BCUT2D eigenvalue weighted by Gasteiger charge is -2.29. The first-order valence-electron chi connectivity index (χ1n) is 7.18. The summed E-state index contributed by atoms with van der Waals surface area (Å²) in [6.07, 6.45) is 0. The molecule has 0 radical (unpaired) electrons. The van der Waals surface area contributed by atoms with Crippen LogP contribution in [0.15, 0.2) is 24.3 Å². The number of hydrogen-bond donors (Lipinski definition) is 1. The van der Waals surface area contributed by atoms with Crippen molar-refractivity contribution < 1.29 is 4.79 Å². The van der Waals surface area contributed by atoms with Gasteiger partial charge in [0.15, 0.2) is 0 Å². The molecule has 2 rings (SSSR count). The first-order chi connectivity index (χ1) is 10.3. The Morgan fingerprint density at radius 2 is 2.18 bits per heavy atom. The third-order valence-electron chi connectivity index (χ3n) is 3.64. The van der Waals surface area contributed by atoms with Crippen LogP contribution < -0.4 is 5.32 Å². The normalized spacial score (nSPS) is 23.4. The van der Waals surface area contributed by atoms with Gasteiger partial charge in [-0.15, -0.1) is 11.8 Å². The average Bonchev–Trinajstić information content (AvgIpc) is 2.69. The van der Waals surface area contributed by atoms with E-state index in [0.29, 0.717) is 10.7 Å². The lowest BCUT2D eigenvalue weighted by atomic mass is 10.0. The van der Waals surface area contributed by atoms with Crippen molar-refractivity contribution in [1.82, 2.24) is 4.90 Å². The quantitative estimate of drug-likeness (QED) is 0.859. The van der Waals surface area contributed by atoms with Crippen LogP contribution in [0.5, 0.6) is 0 Å². The smallest absolute Gasteiger partial charge is 0.308 e. The predicted octanol–water partition coefficient (Wildman–Crippen LogP) is 4.57. The fourth-order valence-corrected chi connectivity index (χ4v) is 4.29. The van der Waals surface area contributed by atoms with Crippen molar-refractivity contribution in [2.45, 2.75) is 43.9 Å². The molecule has 0 spiro atoms. The average molecular weight is 338 g/mol. The minimum absolute atomic E-state index is 0.0289. The molecular formula is C16H20ClN3OS. The largest absolute Gasteiger partial charge is 0.323 e. The molecule has 0 aliphatic carbocycles. The van der Waals surface area contributed by atoms with Gasteiger partial charge in [0.05, 0.1) is 11.4 Å². The summed E-state index contributed by atoms with van der Waals surface area (Å²) in [6, 6.07) is 8.57. The summed E-state index contributed by atoms with van der Waals surface area (Å²) in [6.45, 7) is 8.14. The maximum Gasteiger partial charge on any atom is 0.323 e. The van der Waals surface area contributed by atoms with Crippen LogP contribution in [-0.4, -0.2) is 27.1 Å². The van der Waals surface area contributed by atoms with Crippen LogP contribution in [-0.2, 0) is 0 Å². The molecule has 1 heterocycles. The van der Waals surface area contributed by atoms with Gasteiger partial charge < -0.3 is 5.32 Å². The molecule has 1 aliphatic heterocycles. The maximum absolute atomic E-state index is 12.7. The summed E-state index contributed by atoms with van der Waals surface area (Å²) in [7, 11) is 0. The third kappa shape index (κ3) is 3.34. The number of nitriles is 1. The zero-order valence-corrected chi connectivity index (χ0v) is 14.7. The number of benzene rings is 1. The number of amides is 2. The summed E-state index contributed by atoms with van der Waals surface area (Å²) >= 11 is 7.62. The van der Waals surface area contributed by atoms with Crippen LogP contribution >= 0.6 is 23.4 Å². The van der Waals surface area contributed by atoms with Crippen LogP contribution in [0, 0.1) is 17.2 Å². The number of rotatable bonds is 2. The zero-order valence-electron chi connectivity index (χ0n) is 13.1. The number of carbonyl (C=O) groups is 1. The molecule has 1 saturated heterocycles. The summed E-state index contributed by atoms with van der Waals surface area (Å²) < 4.78 is -0.296. The van der Waals surface area contributed by atoms with Crippen LogP contribution in [0.1, 0.15) is 27.7 Å². The Balaban J connectivity index is 2.27. The van der Waals surface area contributed by atoms with Gasteiger partial charge in [0.25, 0.3) is 0 Å². The Morgan fingerprint density at radius 1 is 1.50 bits per heavy atom. The predicted molar refractivity (Wildman–Crippen MR) is 92.0 cm³/mol. The van der Waals surface area contributed by atoms with Crippen molar-refractivity contribution in [3.63, 3.8) is 0 Å². The first-order valence-corrected chi connectivity index (χ1v) is 8.44. The molecule has 2 atom stereocenters. The first kappa shape index (κ1) is 17.0. The third-order valence-corrected chi connectivity index (χ3v) is 5.72. The molecule has 1 fully saturated rings. The van der Waals surface area contributed by atoms with E-state index in [-0.39, 0.29) is 22.1 Å². The number of hydrogen-bond acceptors (Lipinski definition) is 3. The number of anilines is 1. The van der Waals surface area contributed by atoms with Crippen LogP contribution in [0.4, 0.5) is 10.5 Å². The standard InChI is InChI=1S/C16H20ClN3OS/c1-10(2)14-20(13(9-18)16(3,4)22-14)15(21)19-12-7-5-6-11(17)8-12/h5-8,10,13-14H,1-4H3,(H,19,21)/t13?,14-/m1/s1. The Kier molecular flexibility index (Phi) is 4.93. The molecule has 22 heavy (non-hydrogen) atoms. The van der Waals surface area contributed by atoms with Gasteiger partial charge in [-0.3, -0.25) is 4.90 Å². The molecule has 0 bridgehead atoms. The van der Waals surface area contributed by atoms with Gasteiger partial charge in [0.2, 0.25) is 0 Å². The highest BCUT2D eigenvalue weighted by Gasteiger charge is 2.50. The molecule has 1 aromatic carbocycles. The Hall–Kier alpha value is -1.38. The number of urea groups is 1. The molecule has 0 aromatic heterocycles. The van der Waals surface area contributed by atoms with Gasteiger partial charge in [-0.25, -0.2) is 4.79 Å². The van der Waals surface area contributed by atoms with Crippen molar-refractivity contribution >= 4 is 35.1 Å². The molecule has 4 nitrogen and oxygen atoms in total. The second-order valence-corrected chi connectivity index (χ2v) is 8.44. The molecule has 0 saturated carbocycles. The molecule has 2 amide bonds. The summed E-state index contributed by atoms with van der Waals surface area (Å²) in [4.78, 5) is 14.4. The Bertz CT molecular complexity index is 612. The lowest BCUT2D eigenvalue weighted by Crippen LogP contribution is -2.48. The molecule has 6 heteroatoms. The summed E-state index contributed by atoms with van der Waals surface area (Å²) in [5, 5.41) is 12.9. The van der Waals surface area contributed by atoms with E-state index in [9.17, 15) is 10.1 Å². The van der Waals surface area contributed by atoms with Gasteiger partial charge >= 0.3 is 6.03 Å². The second-order valence-electron chi connectivity index (χ2n) is 6.24. The molecule has 1 unspecified atom stereocenters. The van der Waals surface area contributed by atoms with Gasteiger partial charge in [-0.2, -0.15) is 5.26 Å². The van der Waals surface area contributed by atoms with Gasteiger partial charge in [0.1, 0.15) is 6.04 Å².